The molecule has 3 rings (SSSR count). The minimum atomic E-state index is 0.172. The third kappa shape index (κ3) is 3.57. The molecule has 2 amide bonds. The third-order valence-electron chi connectivity index (χ3n) is 5.22. The lowest BCUT2D eigenvalue weighted by Crippen LogP contribution is -2.51. The lowest BCUT2D eigenvalue weighted by atomic mass is 10.0. The van der Waals surface area contributed by atoms with E-state index >= 15 is 0 Å². The van der Waals surface area contributed by atoms with E-state index in [1.165, 1.54) is 11.1 Å². The molecule has 4 nitrogen and oxygen atoms in total. The van der Waals surface area contributed by atoms with Gasteiger partial charge in [0.15, 0.2) is 0 Å². The summed E-state index contributed by atoms with van der Waals surface area (Å²) in [7, 11) is 0. The van der Waals surface area contributed by atoms with Gasteiger partial charge in [-0.05, 0) is 37.3 Å². The smallest absolute Gasteiger partial charge is 0.227 e. The molecule has 1 aromatic rings. The van der Waals surface area contributed by atoms with Gasteiger partial charge in [-0.25, -0.2) is 0 Å². The van der Waals surface area contributed by atoms with Crippen molar-refractivity contribution >= 4 is 11.8 Å². The van der Waals surface area contributed by atoms with Crippen LogP contribution < -0.4 is 0 Å². The van der Waals surface area contributed by atoms with E-state index in [1.54, 1.807) is 0 Å². The molecule has 0 radical (unpaired) electrons. The Labute approximate surface area is 138 Å². The third-order valence-corrected chi connectivity index (χ3v) is 5.22. The van der Waals surface area contributed by atoms with Gasteiger partial charge in [0.2, 0.25) is 11.8 Å². The molecule has 1 aliphatic heterocycles. The highest BCUT2D eigenvalue weighted by molar-refractivity contribution is 5.82. The molecule has 1 saturated heterocycles. The second-order valence-corrected chi connectivity index (χ2v) is 7.13. The van der Waals surface area contributed by atoms with Crippen LogP contribution >= 0.6 is 0 Å². The second kappa shape index (κ2) is 6.34. The summed E-state index contributed by atoms with van der Waals surface area (Å²) in [6, 6.07) is 6.25. The van der Waals surface area contributed by atoms with Gasteiger partial charge in [0.1, 0.15) is 0 Å². The minimum absolute atomic E-state index is 0.172. The Bertz CT molecular complexity index is 618. The zero-order valence-electron chi connectivity index (χ0n) is 14.3. The van der Waals surface area contributed by atoms with Crippen molar-refractivity contribution in [1.82, 2.24) is 9.80 Å². The van der Waals surface area contributed by atoms with Gasteiger partial charge in [-0.3, -0.25) is 9.59 Å². The normalized spacial score (nSPS) is 23.8. The van der Waals surface area contributed by atoms with Crippen molar-refractivity contribution in [3.8, 4) is 0 Å². The number of amides is 2. The van der Waals surface area contributed by atoms with Crippen LogP contribution in [0.4, 0.5) is 0 Å². The van der Waals surface area contributed by atoms with Crippen molar-refractivity contribution in [2.75, 3.05) is 26.2 Å². The quantitative estimate of drug-likeness (QED) is 0.858. The zero-order valence-corrected chi connectivity index (χ0v) is 14.3. The summed E-state index contributed by atoms with van der Waals surface area (Å²) in [5.74, 6) is 1.25. The molecule has 0 spiro atoms. The maximum atomic E-state index is 12.5. The van der Waals surface area contributed by atoms with E-state index in [2.05, 4.69) is 39.0 Å². The lowest BCUT2D eigenvalue weighted by molar-refractivity contribution is -0.140. The van der Waals surface area contributed by atoms with Gasteiger partial charge in [0.05, 0.1) is 6.42 Å². The van der Waals surface area contributed by atoms with E-state index in [0.717, 1.165) is 12.0 Å². The fourth-order valence-corrected chi connectivity index (χ4v) is 3.34. The summed E-state index contributed by atoms with van der Waals surface area (Å²) in [6.07, 6.45) is 1.49. The van der Waals surface area contributed by atoms with Gasteiger partial charge in [-0.1, -0.05) is 30.7 Å². The monoisotopic (exact) mass is 314 g/mol. The van der Waals surface area contributed by atoms with E-state index in [0.29, 0.717) is 44.4 Å². The molecule has 1 saturated carbocycles. The lowest BCUT2D eigenvalue weighted by Gasteiger charge is -2.35. The summed E-state index contributed by atoms with van der Waals surface area (Å²) >= 11 is 0. The largest absolute Gasteiger partial charge is 0.339 e. The Hall–Kier alpha value is -1.84. The van der Waals surface area contributed by atoms with E-state index < -0.39 is 0 Å². The van der Waals surface area contributed by atoms with Gasteiger partial charge < -0.3 is 9.80 Å². The van der Waals surface area contributed by atoms with Crippen LogP contribution in [0.3, 0.4) is 0 Å². The topological polar surface area (TPSA) is 40.6 Å². The minimum Gasteiger partial charge on any atom is -0.339 e. The SMILES string of the molecule is Cc1ccc(C)c(CC(=O)N2CCN(C(=O)C3CC3C)CC2)c1. The molecule has 124 valence electrons. The number of hydrogen-bond acceptors (Lipinski definition) is 2. The molecule has 1 aromatic carbocycles. The van der Waals surface area contributed by atoms with Crippen LogP contribution in [-0.2, 0) is 16.0 Å². The number of nitrogens with zero attached hydrogens (tertiary/aromatic N) is 2. The van der Waals surface area contributed by atoms with Crippen LogP contribution in [0.5, 0.6) is 0 Å². The molecule has 2 fully saturated rings. The molecule has 0 N–H and O–H groups in total. The summed E-state index contributed by atoms with van der Waals surface area (Å²) in [6.45, 7) is 8.92. The number of aryl methyl sites for hydroxylation is 2. The fourth-order valence-electron chi connectivity index (χ4n) is 3.34. The Morgan fingerprint density at radius 3 is 2.30 bits per heavy atom. The van der Waals surface area contributed by atoms with Crippen LogP contribution in [0.25, 0.3) is 0 Å². The van der Waals surface area contributed by atoms with Crippen LogP contribution in [0.1, 0.15) is 30.0 Å². The highest BCUT2D eigenvalue weighted by Crippen LogP contribution is 2.39. The number of rotatable bonds is 3. The van der Waals surface area contributed by atoms with Crippen molar-refractivity contribution in [3.63, 3.8) is 0 Å². The predicted molar refractivity (Wildman–Crippen MR) is 90.1 cm³/mol. The Balaban J connectivity index is 1.54. The summed E-state index contributed by atoms with van der Waals surface area (Å²) in [4.78, 5) is 28.6. The van der Waals surface area contributed by atoms with Crippen molar-refractivity contribution in [2.24, 2.45) is 11.8 Å². The average molecular weight is 314 g/mol. The number of piperazine rings is 1. The first-order valence-corrected chi connectivity index (χ1v) is 8.58. The predicted octanol–water partition coefficient (Wildman–Crippen LogP) is 2.17. The number of carbonyl (C=O) groups is 2. The standard InChI is InChI=1S/C19H26N2O2/c1-13-4-5-14(2)16(10-13)12-18(22)20-6-8-21(9-7-20)19(23)17-11-15(17)3/h4-5,10,15,17H,6-9,11-12H2,1-3H3. The molecule has 2 unspecified atom stereocenters. The Morgan fingerprint density at radius 2 is 1.70 bits per heavy atom. The summed E-state index contributed by atoms with van der Waals surface area (Å²) in [5, 5.41) is 0. The maximum absolute atomic E-state index is 12.5. The maximum Gasteiger partial charge on any atom is 0.227 e. The molecule has 1 aliphatic carbocycles. The van der Waals surface area contributed by atoms with E-state index in [-0.39, 0.29) is 11.8 Å². The van der Waals surface area contributed by atoms with Gasteiger partial charge in [-0.2, -0.15) is 0 Å². The molecule has 2 atom stereocenters. The highest BCUT2D eigenvalue weighted by Gasteiger charge is 2.42. The van der Waals surface area contributed by atoms with E-state index in [1.807, 2.05) is 9.80 Å². The number of hydrogen-bond donors (Lipinski definition) is 0. The van der Waals surface area contributed by atoms with Crippen LogP contribution in [0, 0.1) is 25.7 Å². The first kappa shape index (κ1) is 16.0. The van der Waals surface area contributed by atoms with Crippen molar-refractivity contribution in [3.05, 3.63) is 34.9 Å². The molecule has 0 aromatic heterocycles. The van der Waals surface area contributed by atoms with Crippen LogP contribution in [0.15, 0.2) is 18.2 Å². The van der Waals surface area contributed by atoms with Crippen molar-refractivity contribution in [2.45, 2.75) is 33.6 Å². The number of carbonyl (C=O) groups excluding carboxylic acids is 2. The molecular formula is C19H26N2O2. The molecule has 23 heavy (non-hydrogen) atoms. The molecule has 4 heteroatoms. The molecule has 0 bridgehead atoms. The number of benzene rings is 1. The van der Waals surface area contributed by atoms with Crippen molar-refractivity contribution < 1.29 is 9.59 Å². The van der Waals surface area contributed by atoms with Crippen LogP contribution in [0.2, 0.25) is 0 Å². The Morgan fingerprint density at radius 1 is 1.09 bits per heavy atom. The highest BCUT2D eigenvalue weighted by atomic mass is 16.2. The van der Waals surface area contributed by atoms with Gasteiger partial charge in [0, 0.05) is 32.1 Å². The second-order valence-electron chi connectivity index (χ2n) is 7.13. The molecule has 2 aliphatic rings. The molecule has 1 heterocycles. The van der Waals surface area contributed by atoms with E-state index in [9.17, 15) is 9.59 Å². The first-order chi connectivity index (χ1) is 11.0. The van der Waals surface area contributed by atoms with E-state index in [4.69, 9.17) is 0 Å². The van der Waals surface area contributed by atoms with Gasteiger partial charge in [0.25, 0.3) is 0 Å². The first-order valence-electron chi connectivity index (χ1n) is 8.58. The average Bonchev–Trinajstić information content (AvgIpc) is 3.27. The fraction of sp³-hybridized carbons (Fsp3) is 0.579. The summed E-state index contributed by atoms with van der Waals surface area (Å²) in [5.41, 5.74) is 3.47. The van der Waals surface area contributed by atoms with Crippen molar-refractivity contribution in [1.29, 1.82) is 0 Å². The summed E-state index contributed by atoms with van der Waals surface area (Å²) < 4.78 is 0. The zero-order chi connectivity index (χ0) is 16.6. The Kier molecular flexibility index (Phi) is 4.42. The van der Waals surface area contributed by atoms with Crippen LogP contribution in [-0.4, -0.2) is 47.8 Å². The van der Waals surface area contributed by atoms with Gasteiger partial charge >= 0.3 is 0 Å². The van der Waals surface area contributed by atoms with Gasteiger partial charge in [-0.15, -0.1) is 0 Å². The molecular weight excluding hydrogens is 288 g/mol.